The molecule has 0 atom stereocenters. The van der Waals surface area contributed by atoms with E-state index in [0.29, 0.717) is 5.39 Å². The number of aromatic hydroxyl groups is 2. The topological polar surface area (TPSA) is 40.5 Å². The number of fused-ring (bicyclic) bond motifs is 1. The second kappa shape index (κ2) is 2.41. The van der Waals surface area contributed by atoms with Gasteiger partial charge in [0.25, 0.3) is 0 Å². The van der Waals surface area contributed by atoms with Crippen molar-refractivity contribution in [3.05, 3.63) is 36.4 Å². The number of hydrogen-bond donors (Lipinski definition) is 2. The van der Waals surface area contributed by atoms with Gasteiger partial charge in [0.15, 0.2) is 0 Å². The Morgan fingerprint density at radius 2 is 1.92 bits per heavy atom. The number of benzene rings is 2. The summed E-state index contributed by atoms with van der Waals surface area (Å²) in [5.74, 6) is 0.299. The zero-order valence-corrected chi connectivity index (χ0v) is 6.28. The van der Waals surface area contributed by atoms with Crippen molar-refractivity contribution in [2.75, 3.05) is 0 Å². The van der Waals surface area contributed by atoms with Crippen LogP contribution in [0.5, 0.6) is 11.5 Å². The van der Waals surface area contributed by atoms with E-state index in [1.165, 1.54) is 12.1 Å². The Morgan fingerprint density at radius 1 is 1.08 bits per heavy atom. The molecule has 1 radical (unpaired) electrons. The van der Waals surface area contributed by atoms with Gasteiger partial charge < -0.3 is 10.2 Å². The summed E-state index contributed by atoms with van der Waals surface area (Å²) in [4.78, 5) is 0. The van der Waals surface area contributed by atoms with Gasteiger partial charge in [0.2, 0.25) is 0 Å². The molecule has 0 unspecified atom stereocenters. The Balaban J connectivity index is 2.88. The minimum Gasteiger partial charge on any atom is -0.508 e. The Morgan fingerprint density at radius 3 is 2.75 bits per heavy atom. The average molecular weight is 159 g/mol. The first-order chi connectivity index (χ1) is 5.77. The number of phenols is 2. The quantitative estimate of drug-likeness (QED) is 0.617. The largest absolute Gasteiger partial charge is 0.508 e. The van der Waals surface area contributed by atoms with Gasteiger partial charge in [0, 0.05) is 5.39 Å². The molecule has 2 rings (SSSR count). The fraction of sp³-hybridized carbons (Fsp3) is 0. The fourth-order valence-electron chi connectivity index (χ4n) is 1.18. The number of phenolic OH excluding ortho intramolecular Hbond substituents is 2. The molecule has 0 saturated heterocycles. The van der Waals surface area contributed by atoms with Crippen LogP contribution in [0.2, 0.25) is 0 Å². The highest BCUT2D eigenvalue weighted by Gasteiger charge is 1.98. The highest BCUT2D eigenvalue weighted by Crippen LogP contribution is 2.26. The van der Waals surface area contributed by atoms with Gasteiger partial charge in [-0.3, -0.25) is 0 Å². The van der Waals surface area contributed by atoms with E-state index < -0.39 is 0 Å². The van der Waals surface area contributed by atoms with Crippen LogP contribution < -0.4 is 0 Å². The third kappa shape index (κ3) is 0.975. The molecular formula is C10H7O2. The molecular weight excluding hydrogens is 152 g/mol. The van der Waals surface area contributed by atoms with Crippen molar-refractivity contribution >= 4 is 10.8 Å². The Kier molecular flexibility index (Phi) is 1.40. The van der Waals surface area contributed by atoms with Crippen molar-refractivity contribution in [1.29, 1.82) is 0 Å². The number of rotatable bonds is 0. The predicted octanol–water partition coefficient (Wildman–Crippen LogP) is 2.05. The van der Waals surface area contributed by atoms with E-state index in [1.54, 1.807) is 18.2 Å². The SMILES string of the molecule is Oc1ccc2c[c]cc(O)c2c1. The predicted molar refractivity (Wildman–Crippen MR) is 46.1 cm³/mol. The lowest BCUT2D eigenvalue weighted by Gasteiger charge is -1.99. The van der Waals surface area contributed by atoms with E-state index >= 15 is 0 Å². The smallest absolute Gasteiger partial charge is 0.124 e. The van der Waals surface area contributed by atoms with Crippen molar-refractivity contribution in [2.24, 2.45) is 0 Å². The molecule has 0 bridgehead atoms. The molecule has 12 heavy (non-hydrogen) atoms. The molecule has 0 amide bonds. The molecule has 0 spiro atoms. The minimum absolute atomic E-state index is 0.142. The molecule has 0 fully saturated rings. The molecule has 2 aromatic rings. The van der Waals surface area contributed by atoms with Crippen LogP contribution in [0.3, 0.4) is 0 Å². The van der Waals surface area contributed by atoms with Gasteiger partial charge in [-0.05, 0) is 35.7 Å². The normalized spacial score (nSPS) is 10.3. The van der Waals surface area contributed by atoms with E-state index in [4.69, 9.17) is 5.11 Å². The highest BCUT2D eigenvalue weighted by atomic mass is 16.3. The first-order valence-corrected chi connectivity index (χ1v) is 3.59. The molecule has 2 nitrogen and oxygen atoms in total. The van der Waals surface area contributed by atoms with Crippen LogP contribution in [0.4, 0.5) is 0 Å². The third-order valence-electron chi connectivity index (χ3n) is 1.77. The summed E-state index contributed by atoms with van der Waals surface area (Å²) >= 11 is 0. The van der Waals surface area contributed by atoms with Gasteiger partial charge in [0.05, 0.1) is 0 Å². The summed E-state index contributed by atoms with van der Waals surface area (Å²) < 4.78 is 0. The Bertz CT molecular complexity index is 421. The van der Waals surface area contributed by atoms with Gasteiger partial charge in [-0.2, -0.15) is 0 Å². The highest BCUT2D eigenvalue weighted by molar-refractivity contribution is 5.88. The third-order valence-corrected chi connectivity index (χ3v) is 1.77. The van der Waals surface area contributed by atoms with Crippen molar-refractivity contribution in [3.63, 3.8) is 0 Å². The standard InChI is InChI=1S/C10H7O2/c11-8-5-4-7-2-1-3-10(12)9(7)6-8/h2-6,11-12H. The molecule has 2 heteroatoms. The summed E-state index contributed by atoms with van der Waals surface area (Å²) in [6.45, 7) is 0. The van der Waals surface area contributed by atoms with E-state index in [2.05, 4.69) is 6.07 Å². The Labute approximate surface area is 69.7 Å². The van der Waals surface area contributed by atoms with E-state index in [9.17, 15) is 5.11 Å². The van der Waals surface area contributed by atoms with Crippen LogP contribution in [-0.2, 0) is 0 Å². The number of hydrogen-bond acceptors (Lipinski definition) is 2. The van der Waals surface area contributed by atoms with Crippen molar-refractivity contribution in [2.45, 2.75) is 0 Å². The molecule has 0 saturated carbocycles. The van der Waals surface area contributed by atoms with E-state index in [0.717, 1.165) is 5.39 Å². The van der Waals surface area contributed by atoms with Crippen LogP contribution in [0.1, 0.15) is 0 Å². The monoisotopic (exact) mass is 159 g/mol. The summed E-state index contributed by atoms with van der Waals surface area (Å²) in [6, 6.07) is 10.9. The first-order valence-electron chi connectivity index (χ1n) is 3.59. The molecule has 0 aliphatic carbocycles. The van der Waals surface area contributed by atoms with E-state index in [-0.39, 0.29) is 11.5 Å². The molecule has 2 N–H and O–H groups in total. The molecule has 0 aliphatic heterocycles. The molecule has 0 aliphatic rings. The van der Waals surface area contributed by atoms with Crippen molar-refractivity contribution in [1.82, 2.24) is 0 Å². The maximum absolute atomic E-state index is 9.35. The fourth-order valence-corrected chi connectivity index (χ4v) is 1.18. The van der Waals surface area contributed by atoms with Gasteiger partial charge in [-0.25, -0.2) is 0 Å². The zero-order valence-electron chi connectivity index (χ0n) is 6.28. The summed E-state index contributed by atoms with van der Waals surface area (Å²) in [5.41, 5.74) is 0. The van der Waals surface area contributed by atoms with Gasteiger partial charge in [0.1, 0.15) is 11.5 Å². The molecule has 2 aromatic carbocycles. The molecule has 0 heterocycles. The second-order valence-corrected chi connectivity index (χ2v) is 2.61. The van der Waals surface area contributed by atoms with Crippen LogP contribution in [0, 0.1) is 6.07 Å². The van der Waals surface area contributed by atoms with Crippen LogP contribution in [-0.4, -0.2) is 10.2 Å². The van der Waals surface area contributed by atoms with Gasteiger partial charge >= 0.3 is 0 Å². The first kappa shape index (κ1) is 6.98. The van der Waals surface area contributed by atoms with Crippen LogP contribution in [0.25, 0.3) is 10.8 Å². The second-order valence-electron chi connectivity index (χ2n) is 2.61. The lowest BCUT2D eigenvalue weighted by molar-refractivity contribution is 0.471. The van der Waals surface area contributed by atoms with E-state index in [1.807, 2.05) is 0 Å². The minimum atomic E-state index is 0.142. The lowest BCUT2D eigenvalue weighted by Crippen LogP contribution is -1.73. The van der Waals surface area contributed by atoms with Crippen molar-refractivity contribution < 1.29 is 10.2 Å². The summed E-state index contributed by atoms with van der Waals surface area (Å²) in [7, 11) is 0. The molecule has 59 valence electrons. The van der Waals surface area contributed by atoms with Gasteiger partial charge in [-0.1, -0.05) is 6.07 Å². The summed E-state index contributed by atoms with van der Waals surface area (Å²) in [6.07, 6.45) is 0. The lowest BCUT2D eigenvalue weighted by atomic mass is 10.1. The van der Waals surface area contributed by atoms with Crippen molar-refractivity contribution in [3.8, 4) is 11.5 Å². The zero-order chi connectivity index (χ0) is 8.55. The Hall–Kier alpha value is -1.70. The van der Waals surface area contributed by atoms with Crippen LogP contribution >= 0.6 is 0 Å². The maximum atomic E-state index is 9.35. The maximum Gasteiger partial charge on any atom is 0.124 e. The average Bonchev–Trinajstić information content (AvgIpc) is 2.07. The van der Waals surface area contributed by atoms with Crippen LogP contribution in [0.15, 0.2) is 30.3 Å². The molecule has 0 aromatic heterocycles. The summed E-state index contributed by atoms with van der Waals surface area (Å²) in [5, 5.41) is 20.0. The van der Waals surface area contributed by atoms with Gasteiger partial charge in [-0.15, -0.1) is 0 Å².